The van der Waals surface area contributed by atoms with Gasteiger partial charge in [0.15, 0.2) is 0 Å². The van der Waals surface area contributed by atoms with E-state index in [9.17, 15) is 8.60 Å². The van der Waals surface area contributed by atoms with E-state index in [1.54, 1.807) is 6.07 Å². The van der Waals surface area contributed by atoms with Crippen LogP contribution in [-0.2, 0) is 10.8 Å². The molecular formula is C12H18FNOS. The zero-order valence-corrected chi connectivity index (χ0v) is 10.7. The summed E-state index contributed by atoms with van der Waals surface area (Å²) in [6.45, 7) is 6.26. The summed E-state index contributed by atoms with van der Waals surface area (Å²) in [5.41, 5.74) is 5.96. The van der Waals surface area contributed by atoms with E-state index < -0.39 is 16.6 Å². The van der Waals surface area contributed by atoms with Gasteiger partial charge in [-0.1, -0.05) is 20.8 Å². The maximum Gasteiger partial charge on any atom is 0.126 e. The van der Waals surface area contributed by atoms with Crippen molar-refractivity contribution in [2.24, 2.45) is 5.41 Å². The Morgan fingerprint density at radius 2 is 1.94 bits per heavy atom. The Morgan fingerprint density at radius 1 is 1.31 bits per heavy atom. The van der Waals surface area contributed by atoms with Crippen molar-refractivity contribution < 1.29 is 8.60 Å². The van der Waals surface area contributed by atoms with Gasteiger partial charge < -0.3 is 5.73 Å². The first-order valence-corrected chi connectivity index (χ1v) is 6.54. The smallest absolute Gasteiger partial charge is 0.126 e. The molecule has 2 nitrogen and oxygen atoms in total. The molecule has 0 aliphatic rings. The van der Waals surface area contributed by atoms with Crippen molar-refractivity contribution in [2.45, 2.75) is 32.1 Å². The highest BCUT2D eigenvalue weighted by molar-refractivity contribution is 7.85. The predicted octanol–water partition coefficient (Wildman–Crippen LogP) is 2.95. The molecule has 0 spiro atoms. The molecule has 0 aliphatic carbocycles. The Bertz CT molecular complexity index is 378. The molecule has 4 heteroatoms. The van der Waals surface area contributed by atoms with Crippen LogP contribution in [0.25, 0.3) is 0 Å². The number of rotatable bonds is 3. The molecule has 0 bridgehead atoms. The van der Waals surface area contributed by atoms with Crippen LogP contribution in [0.4, 0.5) is 10.1 Å². The average Bonchev–Trinajstić information content (AvgIpc) is 2.11. The number of anilines is 1. The Hall–Kier alpha value is -0.900. The Kier molecular flexibility index (Phi) is 4.08. The molecule has 1 aromatic rings. The SMILES string of the molecule is CC(C)(C)CCS(=O)c1cc(N)cc(F)c1. The van der Waals surface area contributed by atoms with Crippen molar-refractivity contribution >= 4 is 16.5 Å². The molecule has 0 fully saturated rings. The summed E-state index contributed by atoms with van der Waals surface area (Å²) in [6, 6.07) is 4.08. The summed E-state index contributed by atoms with van der Waals surface area (Å²) in [5, 5.41) is 0. The molecule has 0 saturated carbocycles. The standard InChI is InChI=1S/C12H18FNOS/c1-12(2,3)4-5-16(15)11-7-9(13)6-10(14)8-11/h6-8H,4-5,14H2,1-3H3. The van der Waals surface area contributed by atoms with Gasteiger partial charge in [0.05, 0.1) is 10.8 Å². The highest BCUT2D eigenvalue weighted by Gasteiger charge is 2.13. The second-order valence-electron chi connectivity index (χ2n) is 5.08. The van der Waals surface area contributed by atoms with Crippen molar-refractivity contribution in [2.75, 3.05) is 11.5 Å². The predicted molar refractivity (Wildman–Crippen MR) is 66.2 cm³/mol. The molecule has 0 aromatic heterocycles. The molecule has 1 atom stereocenters. The van der Waals surface area contributed by atoms with Gasteiger partial charge in [-0.2, -0.15) is 0 Å². The summed E-state index contributed by atoms with van der Waals surface area (Å²) in [5.74, 6) is 0.103. The molecule has 1 aromatic carbocycles. The van der Waals surface area contributed by atoms with Gasteiger partial charge in [-0.05, 0) is 30.0 Å². The van der Waals surface area contributed by atoms with E-state index >= 15 is 0 Å². The largest absolute Gasteiger partial charge is 0.399 e. The number of halogens is 1. The molecule has 0 aliphatic heterocycles. The molecule has 1 rings (SSSR count). The highest BCUT2D eigenvalue weighted by atomic mass is 32.2. The maximum atomic E-state index is 13.0. The van der Waals surface area contributed by atoms with Crippen molar-refractivity contribution in [3.05, 3.63) is 24.0 Å². The van der Waals surface area contributed by atoms with Crippen LogP contribution >= 0.6 is 0 Å². The lowest BCUT2D eigenvalue weighted by Gasteiger charge is -2.17. The van der Waals surface area contributed by atoms with E-state index in [0.29, 0.717) is 16.3 Å². The molecule has 0 saturated heterocycles. The summed E-state index contributed by atoms with van der Waals surface area (Å²) < 4.78 is 24.9. The van der Waals surface area contributed by atoms with Gasteiger partial charge in [-0.25, -0.2) is 4.39 Å². The number of hydrogen-bond acceptors (Lipinski definition) is 2. The van der Waals surface area contributed by atoms with Crippen LogP contribution in [-0.4, -0.2) is 9.96 Å². The van der Waals surface area contributed by atoms with Crippen LogP contribution in [0.15, 0.2) is 23.1 Å². The van der Waals surface area contributed by atoms with Gasteiger partial charge in [0.2, 0.25) is 0 Å². The van der Waals surface area contributed by atoms with E-state index in [0.717, 1.165) is 6.42 Å². The molecule has 0 radical (unpaired) electrons. The van der Waals surface area contributed by atoms with E-state index in [-0.39, 0.29) is 5.41 Å². The van der Waals surface area contributed by atoms with Gasteiger partial charge in [0.25, 0.3) is 0 Å². The fourth-order valence-electron chi connectivity index (χ4n) is 1.23. The van der Waals surface area contributed by atoms with Crippen LogP contribution < -0.4 is 5.73 Å². The summed E-state index contributed by atoms with van der Waals surface area (Å²) >= 11 is 0. The van der Waals surface area contributed by atoms with Crippen LogP contribution in [0.3, 0.4) is 0 Å². The number of nitrogen functional groups attached to an aromatic ring is 1. The summed E-state index contributed by atoms with van der Waals surface area (Å²) in [7, 11) is -1.17. The molecule has 2 N–H and O–H groups in total. The first-order valence-electron chi connectivity index (χ1n) is 5.22. The number of hydrogen-bond donors (Lipinski definition) is 1. The molecule has 0 amide bonds. The van der Waals surface area contributed by atoms with Crippen molar-refractivity contribution in [1.82, 2.24) is 0 Å². The average molecular weight is 243 g/mol. The Morgan fingerprint density at radius 3 is 2.44 bits per heavy atom. The van der Waals surface area contributed by atoms with Crippen LogP contribution in [0.2, 0.25) is 0 Å². The lowest BCUT2D eigenvalue weighted by atomic mass is 9.94. The van der Waals surface area contributed by atoms with Crippen LogP contribution in [0.1, 0.15) is 27.2 Å². The second kappa shape index (κ2) is 4.95. The second-order valence-corrected chi connectivity index (χ2v) is 6.65. The van der Waals surface area contributed by atoms with Gasteiger partial charge in [-0.3, -0.25) is 4.21 Å². The highest BCUT2D eigenvalue weighted by Crippen LogP contribution is 2.21. The maximum absolute atomic E-state index is 13.0. The van der Waals surface area contributed by atoms with Crippen molar-refractivity contribution in [3.63, 3.8) is 0 Å². The molecular weight excluding hydrogens is 225 g/mol. The number of benzene rings is 1. The summed E-state index contributed by atoms with van der Waals surface area (Å²) in [4.78, 5) is 0.474. The fraction of sp³-hybridized carbons (Fsp3) is 0.500. The third-order valence-corrected chi connectivity index (χ3v) is 3.53. The minimum Gasteiger partial charge on any atom is -0.399 e. The Labute approximate surface area is 98.5 Å². The topological polar surface area (TPSA) is 43.1 Å². The lowest BCUT2D eigenvalue weighted by molar-refractivity contribution is 0.400. The van der Waals surface area contributed by atoms with Crippen LogP contribution in [0.5, 0.6) is 0 Å². The van der Waals surface area contributed by atoms with E-state index in [1.807, 2.05) is 0 Å². The van der Waals surface area contributed by atoms with Gasteiger partial charge in [0, 0.05) is 16.3 Å². The summed E-state index contributed by atoms with van der Waals surface area (Å²) in [6.07, 6.45) is 0.829. The molecule has 1 unspecified atom stereocenters. The molecule has 90 valence electrons. The van der Waals surface area contributed by atoms with Crippen LogP contribution in [0, 0.1) is 11.2 Å². The zero-order chi connectivity index (χ0) is 12.3. The van der Waals surface area contributed by atoms with Gasteiger partial charge in [-0.15, -0.1) is 0 Å². The van der Waals surface area contributed by atoms with E-state index in [4.69, 9.17) is 5.73 Å². The quantitative estimate of drug-likeness (QED) is 0.829. The first-order chi connectivity index (χ1) is 7.28. The van der Waals surface area contributed by atoms with Gasteiger partial charge in [0.1, 0.15) is 5.82 Å². The Balaban J connectivity index is 2.73. The monoisotopic (exact) mass is 243 g/mol. The first kappa shape index (κ1) is 13.2. The fourth-order valence-corrected chi connectivity index (χ4v) is 2.78. The van der Waals surface area contributed by atoms with Gasteiger partial charge >= 0.3 is 0 Å². The van der Waals surface area contributed by atoms with Crippen molar-refractivity contribution in [3.8, 4) is 0 Å². The number of nitrogens with two attached hydrogens (primary N) is 1. The van der Waals surface area contributed by atoms with Crippen molar-refractivity contribution in [1.29, 1.82) is 0 Å². The van der Waals surface area contributed by atoms with E-state index in [2.05, 4.69) is 20.8 Å². The minimum atomic E-state index is -1.17. The molecule has 0 heterocycles. The normalized spacial score (nSPS) is 13.8. The third-order valence-electron chi connectivity index (χ3n) is 2.19. The minimum absolute atomic E-state index is 0.133. The van der Waals surface area contributed by atoms with E-state index in [1.165, 1.54) is 12.1 Å². The zero-order valence-electron chi connectivity index (χ0n) is 9.92. The molecule has 16 heavy (non-hydrogen) atoms. The lowest BCUT2D eigenvalue weighted by Crippen LogP contribution is -2.11. The third kappa shape index (κ3) is 4.31.